The van der Waals surface area contributed by atoms with Crippen molar-refractivity contribution in [1.29, 1.82) is 0 Å². The van der Waals surface area contributed by atoms with Crippen LogP contribution < -0.4 is 0 Å². The summed E-state index contributed by atoms with van der Waals surface area (Å²) in [6.07, 6.45) is 7.87. The van der Waals surface area contributed by atoms with Crippen molar-refractivity contribution in [3.8, 4) is 0 Å². The molecule has 0 saturated heterocycles. The van der Waals surface area contributed by atoms with E-state index in [1.165, 1.54) is 12.5 Å². The highest BCUT2D eigenvalue weighted by molar-refractivity contribution is 7.92. The fourth-order valence-electron chi connectivity index (χ4n) is 3.26. The van der Waals surface area contributed by atoms with Crippen LogP contribution >= 0.6 is 0 Å². The Hall–Kier alpha value is -2.92. The van der Waals surface area contributed by atoms with Gasteiger partial charge in [-0.1, -0.05) is 77.9 Å². The minimum absolute atomic E-state index is 0.198. The smallest absolute Gasteiger partial charge is 0.303 e. The molecule has 170 valence electrons. The molecule has 0 aliphatic rings. The fourth-order valence-corrected chi connectivity index (χ4v) is 5.02. The molecule has 4 nitrogen and oxygen atoms in total. The van der Waals surface area contributed by atoms with Gasteiger partial charge in [0, 0.05) is 6.92 Å². The van der Waals surface area contributed by atoms with E-state index >= 15 is 0 Å². The lowest BCUT2D eigenvalue weighted by molar-refractivity contribution is -0.143. The van der Waals surface area contributed by atoms with Crippen LogP contribution in [0.15, 0.2) is 94.9 Å². The molecule has 0 heterocycles. The third kappa shape index (κ3) is 7.97. The van der Waals surface area contributed by atoms with Crippen molar-refractivity contribution < 1.29 is 17.9 Å². The maximum atomic E-state index is 13.6. The molecule has 0 spiro atoms. The third-order valence-electron chi connectivity index (χ3n) is 4.87. The molecule has 0 aromatic heterocycles. The van der Waals surface area contributed by atoms with Gasteiger partial charge in [0.25, 0.3) is 0 Å². The Morgan fingerprint density at radius 1 is 0.938 bits per heavy atom. The summed E-state index contributed by atoms with van der Waals surface area (Å²) in [4.78, 5) is 12.1. The van der Waals surface area contributed by atoms with Gasteiger partial charge in [0.05, 0.1) is 4.90 Å². The largest absolute Gasteiger partial charge is 0.457 e. The van der Waals surface area contributed by atoms with Crippen molar-refractivity contribution in [2.24, 2.45) is 0 Å². The lowest BCUT2D eigenvalue weighted by atomic mass is 10.1. The predicted octanol–water partition coefficient (Wildman–Crippen LogP) is 6.17. The molecule has 0 bridgehead atoms. The second-order valence-corrected chi connectivity index (χ2v) is 10.1. The molecular weight excluding hydrogens is 420 g/mol. The number of hydrogen-bond acceptors (Lipinski definition) is 4. The molecule has 5 heteroatoms. The lowest BCUT2D eigenvalue weighted by Gasteiger charge is -2.23. The Kier molecular flexibility index (Phi) is 9.66. The molecule has 0 fully saturated rings. The molecule has 2 rings (SSSR count). The number of rotatable bonds is 10. The van der Waals surface area contributed by atoms with Crippen molar-refractivity contribution in [3.05, 3.63) is 95.6 Å². The number of sulfone groups is 1. The summed E-state index contributed by atoms with van der Waals surface area (Å²) in [6, 6.07) is 17.8. The summed E-state index contributed by atoms with van der Waals surface area (Å²) in [6.45, 7) is 7.28. The number of esters is 1. The van der Waals surface area contributed by atoms with E-state index in [0.29, 0.717) is 0 Å². The lowest BCUT2D eigenvalue weighted by Crippen LogP contribution is -2.35. The third-order valence-corrected chi connectivity index (χ3v) is 6.92. The van der Waals surface area contributed by atoms with Crippen LogP contribution in [0.5, 0.6) is 0 Å². The maximum absolute atomic E-state index is 13.6. The van der Waals surface area contributed by atoms with Gasteiger partial charge in [-0.3, -0.25) is 4.79 Å². The molecule has 2 unspecified atom stereocenters. The second kappa shape index (κ2) is 12.2. The van der Waals surface area contributed by atoms with Crippen molar-refractivity contribution in [3.63, 3.8) is 0 Å². The van der Waals surface area contributed by atoms with Crippen LogP contribution in [-0.4, -0.2) is 25.7 Å². The van der Waals surface area contributed by atoms with Crippen LogP contribution in [-0.2, 0) is 19.4 Å². The first-order valence-electron chi connectivity index (χ1n) is 10.7. The molecule has 2 atom stereocenters. The molecule has 32 heavy (non-hydrogen) atoms. The number of allylic oxidation sites excluding steroid dienone is 3. The van der Waals surface area contributed by atoms with Gasteiger partial charge in [-0.15, -0.1) is 0 Å². The van der Waals surface area contributed by atoms with Crippen LogP contribution in [0.4, 0.5) is 0 Å². The topological polar surface area (TPSA) is 60.4 Å². The second-order valence-electron chi connectivity index (χ2n) is 8.00. The molecule has 0 amide bonds. The normalized spacial score (nSPS) is 14.1. The molecular formula is C27H32O4S. The van der Waals surface area contributed by atoms with Crippen LogP contribution in [0, 0.1) is 0 Å². The summed E-state index contributed by atoms with van der Waals surface area (Å²) in [7, 11) is -3.81. The minimum Gasteiger partial charge on any atom is -0.457 e. The molecule has 2 aromatic rings. The standard InChI is InChI=1S/C27H32O4S/c1-21(2)12-11-13-22(3)20-27(32(29,30)25-16-9-6-10-17-25)26(31-23(4)28)19-18-24-14-7-5-8-15-24/h5-10,12,14-20,26-27H,11,13H2,1-4H3/b19-18+,22-20+. The number of carbonyl (C=O) groups is 1. The summed E-state index contributed by atoms with van der Waals surface area (Å²) in [5, 5.41) is -1.04. The zero-order valence-corrected chi connectivity index (χ0v) is 20.0. The van der Waals surface area contributed by atoms with E-state index in [4.69, 9.17) is 4.74 Å². The average molecular weight is 453 g/mol. The quantitative estimate of drug-likeness (QED) is 0.320. The van der Waals surface area contributed by atoms with Gasteiger partial charge >= 0.3 is 5.97 Å². The predicted molar refractivity (Wildman–Crippen MR) is 131 cm³/mol. The van der Waals surface area contributed by atoms with Gasteiger partial charge in [0.1, 0.15) is 11.4 Å². The number of ether oxygens (including phenoxy) is 1. The molecule has 0 aliphatic heterocycles. The van der Waals surface area contributed by atoms with Crippen LogP contribution in [0.2, 0.25) is 0 Å². The fraction of sp³-hybridized carbons (Fsp3) is 0.296. The summed E-state index contributed by atoms with van der Waals surface area (Å²) < 4.78 is 32.7. The summed E-state index contributed by atoms with van der Waals surface area (Å²) in [5.74, 6) is -0.531. The average Bonchev–Trinajstić information content (AvgIpc) is 2.76. The maximum Gasteiger partial charge on any atom is 0.303 e. The Labute approximate surface area is 192 Å². The number of hydrogen-bond donors (Lipinski definition) is 0. The molecule has 0 saturated carbocycles. The monoisotopic (exact) mass is 452 g/mol. The van der Waals surface area contributed by atoms with Crippen LogP contribution in [0.1, 0.15) is 46.1 Å². The zero-order valence-electron chi connectivity index (χ0n) is 19.2. The minimum atomic E-state index is -3.81. The van der Waals surface area contributed by atoms with Gasteiger partial charge < -0.3 is 4.74 Å². The van der Waals surface area contributed by atoms with Crippen molar-refractivity contribution in [2.45, 2.75) is 56.8 Å². The van der Waals surface area contributed by atoms with E-state index in [9.17, 15) is 13.2 Å². The molecule has 0 aliphatic carbocycles. The highest BCUT2D eigenvalue weighted by Crippen LogP contribution is 2.25. The van der Waals surface area contributed by atoms with Crippen LogP contribution in [0.25, 0.3) is 6.08 Å². The van der Waals surface area contributed by atoms with E-state index in [1.54, 1.807) is 48.6 Å². The molecule has 0 radical (unpaired) electrons. The zero-order chi connectivity index (χ0) is 23.6. The highest BCUT2D eigenvalue weighted by Gasteiger charge is 2.34. The first-order valence-corrected chi connectivity index (χ1v) is 12.2. The van der Waals surface area contributed by atoms with Crippen molar-refractivity contribution in [2.75, 3.05) is 0 Å². The van der Waals surface area contributed by atoms with Gasteiger partial charge in [-0.25, -0.2) is 8.42 Å². The Morgan fingerprint density at radius 2 is 1.53 bits per heavy atom. The summed E-state index contributed by atoms with van der Waals surface area (Å²) in [5.41, 5.74) is 3.04. The van der Waals surface area contributed by atoms with Crippen molar-refractivity contribution in [1.82, 2.24) is 0 Å². The van der Waals surface area contributed by atoms with E-state index in [1.807, 2.05) is 51.1 Å². The van der Waals surface area contributed by atoms with Gasteiger partial charge in [0.2, 0.25) is 0 Å². The highest BCUT2D eigenvalue weighted by atomic mass is 32.2. The Balaban J connectivity index is 2.50. The van der Waals surface area contributed by atoms with Crippen molar-refractivity contribution >= 4 is 21.9 Å². The Bertz CT molecular complexity index is 1060. The van der Waals surface area contributed by atoms with E-state index in [2.05, 4.69) is 6.08 Å². The first kappa shape index (κ1) is 25.3. The number of benzene rings is 2. The van der Waals surface area contributed by atoms with Crippen LogP contribution in [0.3, 0.4) is 0 Å². The molecule has 2 aromatic carbocycles. The first-order chi connectivity index (χ1) is 15.2. The SMILES string of the molecule is CC(=O)OC(/C=C/c1ccccc1)C(/C=C(\C)CCC=C(C)C)S(=O)(=O)c1ccccc1. The number of carbonyl (C=O) groups excluding carboxylic acids is 1. The molecule has 0 N–H and O–H groups in total. The van der Waals surface area contributed by atoms with E-state index in [0.717, 1.165) is 24.0 Å². The van der Waals surface area contributed by atoms with Gasteiger partial charge in [-0.2, -0.15) is 0 Å². The summed E-state index contributed by atoms with van der Waals surface area (Å²) >= 11 is 0. The van der Waals surface area contributed by atoms with E-state index < -0.39 is 27.2 Å². The Morgan fingerprint density at radius 3 is 2.09 bits per heavy atom. The van der Waals surface area contributed by atoms with Gasteiger partial charge in [0.15, 0.2) is 9.84 Å². The van der Waals surface area contributed by atoms with Gasteiger partial charge in [-0.05, 0) is 57.4 Å². The van der Waals surface area contributed by atoms with E-state index in [-0.39, 0.29) is 4.90 Å².